The van der Waals surface area contributed by atoms with E-state index in [-0.39, 0.29) is 30.9 Å². The van der Waals surface area contributed by atoms with Crippen molar-refractivity contribution in [2.45, 2.75) is 12.6 Å². The number of hydrogen-bond donors (Lipinski definition) is 1. The Labute approximate surface area is 119 Å². The summed E-state index contributed by atoms with van der Waals surface area (Å²) in [5, 5.41) is 0. The van der Waals surface area contributed by atoms with E-state index in [1.54, 1.807) is 6.07 Å². The van der Waals surface area contributed by atoms with Crippen molar-refractivity contribution in [1.29, 1.82) is 0 Å². The first kappa shape index (κ1) is 17.1. The van der Waals surface area contributed by atoms with E-state index >= 15 is 0 Å². The minimum Gasteiger partial charge on any atom is -0.497 e. The molecule has 0 spiro atoms. The fraction of sp³-hybridized carbons (Fsp3) is 0.462. The Kier molecular flexibility index (Phi) is 6.29. The zero-order valence-corrected chi connectivity index (χ0v) is 11.4. The summed E-state index contributed by atoms with van der Waals surface area (Å²) in [4.78, 5) is 11.7. The summed E-state index contributed by atoms with van der Waals surface area (Å²) in [6.07, 6.45) is -4.20. The molecule has 1 aromatic rings. The van der Waals surface area contributed by atoms with E-state index in [9.17, 15) is 18.0 Å². The molecule has 0 aliphatic carbocycles. The van der Waals surface area contributed by atoms with Crippen LogP contribution in [0.15, 0.2) is 18.2 Å². The minimum absolute atomic E-state index is 0.0622. The monoisotopic (exact) mass is 307 g/mol. The number of esters is 1. The number of carbonyl (C=O) groups is 1. The first-order chi connectivity index (χ1) is 9.83. The lowest BCUT2D eigenvalue weighted by Gasteiger charge is -2.09. The van der Waals surface area contributed by atoms with Gasteiger partial charge < -0.3 is 19.9 Å². The van der Waals surface area contributed by atoms with Gasteiger partial charge >= 0.3 is 12.1 Å². The topological polar surface area (TPSA) is 70.8 Å². The molecule has 0 aliphatic heterocycles. The molecule has 118 valence electrons. The molecule has 0 bridgehead atoms. The number of hydrogen-bond acceptors (Lipinski definition) is 5. The van der Waals surface area contributed by atoms with E-state index in [0.717, 1.165) is 0 Å². The summed E-state index contributed by atoms with van der Waals surface area (Å²) in [5.41, 5.74) is 6.01. The lowest BCUT2D eigenvalue weighted by molar-refractivity contribution is -0.174. The van der Waals surface area contributed by atoms with Crippen LogP contribution < -0.4 is 10.5 Å². The van der Waals surface area contributed by atoms with Crippen LogP contribution >= 0.6 is 0 Å². The summed E-state index contributed by atoms with van der Waals surface area (Å²) >= 11 is 0. The van der Waals surface area contributed by atoms with Gasteiger partial charge in [0.25, 0.3) is 0 Å². The highest BCUT2D eigenvalue weighted by Crippen LogP contribution is 2.20. The van der Waals surface area contributed by atoms with Crippen LogP contribution in [-0.4, -0.2) is 39.1 Å². The van der Waals surface area contributed by atoms with Crippen molar-refractivity contribution in [3.63, 3.8) is 0 Å². The zero-order chi connectivity index (χ0) is 15.9. The van der Waals surface area contributed by atoms with Crippen LogP contribution in [0.5, 0.6) is 5.75 Å². The molecule has 0 fully saturated rings. The predicted molar refractivity (Wildman–Crippen MR) is 69.2 cm³/mol. The van der Waals surface area contributed by atoms with Crippen LogP contribution in [0.2, 0.25) is 0 Å². The van der Waals surface area contributed by atoms with Crippen molar-refractivity contribution in [1.82, 2.24) is 0 Å². The predicted octanol–water partition coefficient (Wildman–Crippen LogP) is 2.40. The van der Waals surface area contributed by atoms with Crippen LogP contribution in [0, 0.1) is 0 Å². The van der Waals surface area contributed by atoms with Gasteiger partial charge in [0.1, 0.15) is 12.4 Å². The molecule has 0 amide bonds. The fourth-order valence-corrected chi connectivity index (χ4v) is 1.43. The number of alkyl halides is 3. The molecule has 0 saturated carbocycles. The van der Waals surface area contributed by atoms with Gasteiger partial charge in [0.15, 0.2) is 0 Å². The summed E-state index contributed by atoms with van der Waals surface area (Å²) in [6, 6.07) is 4.52. The molecular formula is C13H16F3NO4. The second-order valence-electron chi connectivity index (χ2n) is 4.11. The van der Waals surface area contributed by atoms with Gasteiger partial charge in [-0.05, 0) is 18.2 Å². The number of halogens is 3. The molecular weight excluding hydrogens is 291 g/mol. The van der Waals surface area contributed by atoms with E-state index in [2.05, 4.69) is 4.74 Å². The molecule has 0 saturated heterocycles. The molecule has 0 atom stereocenters. The standard InChI is InChI=1S/C13H16F3NO4/c1-19-9-3-4-11(17)10(7-9)12(18)21-6-2-5-20-8-13(14,15)16/h3-4,7H,2,5-6,8,17H2,1H3. The smallest absolute Gasteiger partial charge is 0.411 e. The fourth-order valence-electron chi connectivity index (χ4n) is 1.43. The number of ether oxygens (including phenoxy) is 3. The largest absolute Gasteiger partial charge is 0.497 e. The van der Waals surface area contributed by atoms with Gasteiger partial charge in [-0.2, -0.15) is 13.2 Å². The quantitative estimate of drug-likeness (QED) is 0.476. The van der Waals surface area contributed by atoms with Gasteiger partial charge in [0.05, 0.1) is 25.9 Å². The minimum atomic E-state index is -4.36. The second kappa shape index (κ2) is 7.72. The van der Waals surface area contributed by atoms with Crippen molar-refractivity contribution >= 4 is 11.7 Å². The molecule has 1 aromatic carbocycles. The lowest BCUT2D eigenvalue weighted by Crippen LogP contribution is -2.18. The molecule has 0 unspecified atom stereocenters. The van der Waals surface area contributed by atoms with E-state index in [1.165, 1.54) is 19.2 Å². The maximum absolute atomic E-state index is 11.8. The van der Waals surface area contributed by atoms with E-state index in [0.29, 0.717) is 5.75 Å². The molecule has 21 heavy (non-hydrogen) atoms. The van der Waals surface area contributed by atoms with Gasteiger partial charge in [-0.3, -0.25) is 0 Å². The Hall–Kier alpha value is -1.96. The molecule has 0 heterocycles. The third kappa shape index (κ3) is 6.35. The zero-order valence-electron chi connectivity index (χ0n) is 11.4. The number of rotatable bonds is 7. The van der Waals surface area contributed by atoms with E-state index in [1.807, 2.05) is 0 Å². The Balaban J connectivity index is 2.34. The SMILES string of the molecule is COc1ccc(N)c(C(=O)OCCCOCC(F)(F)F)c1. The number of anilines is 1. The molecule has 0 radical (unpaired) electrons. The lowest BCUT2D eigenvalue weighted by atomic mass is 10.2. The molecule has 0 aromatic heterocycles. The highest BCUT2D eigenvalue weighted by molar-refractivity contribution is 5.95. The molecule has 2 N–H and O–H groups in total. The Morgan fingerprint density at radius 2 is 2.00 bits per heavy atom. The molecule has 5 nitrogen and oxygen atoms in total. The first-order valence-corrected chi connectivity index (χ1v) is 6.08. The average Bonchev–Trinajstić information content (AvgIpc) is 2.41. The van der Waals surface area contributed by atoms with Crippen LogP contribution in [0.4, 0.5) is 18.9 Å². The van der Waals surface area contributed by atoms with Crippen molar-refractivity contribution in [3.05, 3.63) is 23.8 Å². The van der Waals surface area contributed by atoms with Crippen molar-refractivity contribution in [3.8, 4) is 5.75 Å². The third-order valence-electron chi connectivity index (χ3n) is 2.41. The van der Waals surface area contributed by atoms with E-state index in [4.69, 9.17) is 15.2 Å². The van der Waals surface area contributed by atoms with Crippen LogP contribution in [-0.2, 0) is 9.47 Å². The number of methoxy groups -OCH3 is 1. The maximum atomic E-state index is 11.8. The van der Waals surface area contributed by atoms with Crippen molar-refractivity contribution < 1.29 is 32.2 Å². The highest BCUT2D eigenvalue weighted by Gasteiger charge is 2.27. The Morgan fingerprint density at radius 3 is 2.62 bits per heavy atom. The summed E-state index contributed by atoms with van der Waals surface area (Å²) < 4.78 is 49.6. The van der Waals surface area contributed by atoms with E-state index < -0.39 is 18.8 Å². The third-order valence-corrected chi connectivity index (χ3v) is 2.41. The number of carbonyl (C=O) groups excluding carboxylic acids is 1. The molecule has 1 rings (SSSR count). The first-order valence-electron chi connectivity index (χ1n) is 6.08. The average molecular weight is 307 g/mol. The summed E-state index contributed by atoms with van der Waals surface area (Å²) in [5.74, 6) is -0.216. The summed E-state index contributed by atoms with van der Waals surface area (Å²) in [7, 11) is 1.44. The molecule has 8 heteroatoms. The highest BCUT2D eigenvalue weighted by atomic mass is 19.4. The maximum Gasteiger partial charge on any atom is 0.411 e. The van der Waals surface area contributed by atoms with Gasteiger partial charge in [-0.25, -0.2) is 4.79 Å². The van der Waals surface area contributed by atoms with Crippen molar-refractivity contribution in [2.24, 2.45) is 0 Å². The van der Waals surface area contributed by atoms with Gasteiger partial charge in [0, 0.05) is 12.1 Å². The van der Waals surface area contributed by atoms with Gasteiger partial charge in [-0.15, -0.1) is 0 Å². The van der Waals surface area contributed by atoms with Crippen molar-refractivity contribution in [2.75, 3.05) is 32.7 Å². The van der Waals surface area contributed by atoms with Gasteiger partial charge in [0.2, 0.25) is 0 Å². The molecule has 0 aliphatic rings. The second-order valence-corrected chi connectivity index (χ2v) is 4.11. The Morgan fingerprint density at radius 1 is 1.29 bits per heavy atom. The van der Waals surface area contributed by atoms with Crippen LogP contribution in [0.1, 0.15) is 16.8 Å². The number of benzene rings is 1. The Bertz CT molecular complexity index is 477. The van der Waals surface area contributed by atoms with Gasteiger partial charge in [-0.1, -0.05) is 0 Å². The summed E-state index contributed by atoms with van der Waals surface area (Å²) in [6.45, 7) is -1.53. The van der Waals surface area contributed by atoms with Crippen LogP contribution in [0.3, 0.4) is 0 Å². The number of nitrogen functional groups attached to an aromatic ring is 1. The van der Waals surface area contributed by atoms with Crippen LogP contribution in [0.25, 0.3) is 0 Å². The normalized spacial score (nSPS) is 11.2. The number of nitrogens with two attached hydrogens (primary N) is 1.